The Hall–Kier alpha value is -3.02. The molecular weight excluding hydrogens is 556 g/mol. The molecule has 1 aromatic carbocycles. The molecule has 0 saturated heterocycles. The number of nitrogens with one attached hydrogen (secondary N) is 2. The van der Waals surface area contributed by atoms with Crippen LogP contribution in [-0.4, -0.2) is 24.0 Å². The van der Waals surface area contributed by atoms with Gasteiger partial charge >= 0.3 is 6.03 Å². The Balaban J connectivity index is 1.62. The third-order valence-corrected chi connectivity index (χ3v) is 9.82. The van der Waals surface area contributed by atoms with Crippen molar-refractivity contribution in [2.75, 3.05) is 0 Å². The molecule has 0 bridgehead atoms. The van der Waals surface area contributed by atoms with Crippen LogP contribution in [0.1, 0.15) is 55.8 Å². The largest absolute Gasteiger partial charge is 0.332 e. The van der Waals surface area contributed by atoms with E-state index in [1.54, 1.807) is 24.4 Å². The number of thiophene rings is 2. The number of sulfonamides is 1. The minimum Gasteiger partial charge on any atom is -0.332 e. The summed E-state index contributed by atoms with van der Waals surface area (Å²) < 4.78 is 46.1. The van der Waals surface area contributed by atoms with Gasteiger partial charge in [-0.2, -0.15) is 0 Å². The maximum atomic E-state index is 15.4. The monoisotopic (exact) mass is 588 g/mol. The van der Waals surface area contributed by atoms with Crippen molar-refractivity contribution in [2.45, 2.75) is 63.8 Å². The lowest BCUT2D eigenvalue weighted by Crippen LogP contribution is -2.38. The van der Waals surface area contributed by atoms with Gasteiger partial charge in [0.25, 0.3) is 10.0 Å². The molecule has 0 fully saturated rings. The first-order chi connectivity index (χ1) is 18.3. The fraction of sp³-hybridized carbons (Fsp3) is 0.357. The minimum absolute atomic E-state index is 0.0128. The molecule has 0 unspecified atom stereocenters. The van der Waals surface area contributed by atoms with Gasteiger partial charge in [-0.15, -0.1) is 22.7 Å². The van der Waals surface area contributed by atoms with Crippen molar-refractivity contribution in [3.05, 3.63) is 81.1 Å². The number of benzene rings is 1. The van der Waals surface area contributed by atoms with Gasteiger partial charge in [0.05, 0.1) is 13.1 Å². The second kappa shape index (κ2) is 11.6. The zero-order chi connectivity index (χ0) is 28.4. The lowest BCUT2D eigenvalue weighted by molar-refractivity contribution is 0.245. The van der Waals surface area contributed by atoms with Crippen molar-refractivity contribution in [1.82, 2.24) is 19.6 Å². The molecule has 0 saturated carbocycles. The summed E-state index contributed by atoms with van der Waals surface area (Å²) in [7, 11) is -4.21. The smallest absolute Gasteiger partial charge is 0.329 e. The molecule has 7 nitrogen and oxygen atoms in total. The SMILES string of the molecule is CC(C)Cc1cc(-c2ccc(Cn3ccnc3C(C)(C)C)c(F)c2)c(S(=O)(=O)NC(=O)NCc2cccs2)s1. The van der Waals surface area contributed by atoms with E-state index >= 15 is 4.39 Å². The number of aromatic nitrogens is 2. The van der Waals surface area contributed by atoms with Crippen LogP contribution in [-0.2, 0) is 34.9 Å². The number of nitrogens with zero attached hydrogens (tertiary/aromatic N) is 2. The quantitative estimate of drug-likeness (QED) is 0.232. The summed E-state index contributed by atoms with van der Waals surface area (Å²) in [5.41, 5.74) is 1.08. The topological polar surface area (TPSA) is 93.1 Å². The Labute approximate surface area is 237 Å². The summed E-state index contributed by atoms with van der Waals surface area (Å²) >= 11 is 2.57. The summed E-state index contributed by atoms with van der Waals surface area (Å²) in [6, 6.07) is 9.44. The molecule has 208 valence electrons. The predicted octanol–water partition coefficient (Wildman–Crippen LogP) is 6.54. The Morgan fingerprint density at radius 1 is 1.15 bits per heavy atom. The summed E-state index contributed by atoms with van der Waals surface area (Å²) in [6.07, 6.45) is 4.19. The molecule has 2 N–H and O–H groups in total. The van der Waals surface area contributed by atoms with Crippen molar-refractivity contribution in [3.63, 3.8) is 0 Å². The van der Waals surface area contributed by atoms with E-state index in [4.69, 9.17) is 0 Å². The number of carbonyl (C=O) groups is 1. The number of rotatable bonds is 9. The normalized spacial score (nSPS) is 12.2. The van der Waals surface area contributed by atoms with Gasteiger partial charge in [0.15, 0.2) is 0 Å². The molecule has 2 amide bonds. The molecular formula is C28H33FN4O3S3. The van der Waals surface area contributed by atoms with Crippen LogP contribution in [0.3, 0.4) is 0 Å². The van der Waals surface area contributed by atoms with Crippen molar-refractivity contribution in [3.8, 4) is 11.1 Å². The zero-order valence-electron chi connectivity index (χ0n) is 22.6. The highest BCUT2D eigenvalue weighted by atomic mass is 32.2. The van der Waals surface area contributed by atoms with Crippen LogP contribution < -0.4 is 10.0 Å². The predicted molar refractivity (Wildman–Crippen MR) is 155 cm³/mol. The van der Waals surface area contributed by atoms with Crippen LogP contribution >= 0.6 is 22.7 Å². The van der Waals surface area contributed by atoms with E-state index in [-0.39, 0.29) is 16.2 Å². The highest BCUT2D eigenvalue weighted by molar-refractivity contribution is 7.92. The van der Waals surface area contributed by atoms with Gasteiger partial charge in [0.1, 0.15) is 15.9 Å². The Bertz CT molecular complexity index is 1550. The van der Waals surface area contributed by atoms with E-state index < -0.39 is 21.9 Å². The molecule has 11 heteroatoms. The third kappa shape index (κ3) is 7.14. The Morgan fingerprint density at radius 3 is 2.56 bits per heavy atom. The van der Waals surface area contributed by atoms with E-state index in [1.165, 1.54) is 17.4 Å². The van der Waals surface area contributed by atoms with Gasteiger partial charge in [0.2, 0.25) is 0 Å². The summed E-state index contributed by atoms with van der Waals surface area (Å²) in [6.45, 7) is 10.8. The maximum absolute atomic E-state index is 15.4. The number of hydrogen-bond donors (Lipinski definition) is 2. The molecule has 0 aliphatic rings. The number of hydrogen-bond acceptors (Lipinski definition) is 6. The first kappa shape index (κ1) is 29.0. The molecule has 0 atom stereocenters. The highest BCUT2D eigenvalue weighted by Gasteiger charge is 2.26. The molecule has 4 rings (SSSR count). The van der Waals surface area contributed by atoms with Gasteiger partial charge < -0.3 is 9.88 Å². The molecule has 0 aliphatic carbocycles. The fourth-order valence-electron chi connectivity index (χ4n) is 4.22. The molecule has 0 aliphatic heterocycles. The molecule has 4 aromatic rings. The van der Waals surface area contributed by atoms with Crippen LogP contribution in [0.15, 0.2) is 58.4 Å². The van der Waals surface area contributed by atoms with Crippen LogP contribution in [0.25, 0.3) is 11.1 Å². The Morgan fingerprint density at radius 2 is 1.92 bits per heavy atom. The van der Waals surface area contributed by atoms with Gasteiger partial charge in [-0.25, -0.2) is 27.3 Å². The summed E-state index contributed by atoms with van der Waals surface area (Å²) in [4.78, 5) is 18.6. The number of halogens is 1. The number of carbonyl (C=O) groups excluding carboxylic acids is 1. The number of imidazole rings is 1. The fourth-order valence-corrected chi connectivity index (χ4v) is 7.74. The summed E-state index contributed by atoms with van der Waals surface area (Å²) in [5.74, 6) is 0.696. The van der Waals surface area contributed by atoms with Crippen molar-refractivity contribution < 1.29 is 17.6 Å². The first-order valence-electron chi connectivity index (χ1n) is 12.6. The van der Waals surface area contributed by atoms with E-state index in [0.717, 1.165) is 26.9 Å². The lowest BCUT2D eigenvalue weighted by atomic mass is 9.95. The van der Waals surface area contributed by atoms with Crippen molar-refractivity contribution >= 4 is 38.7 Å². The van der Waals surface area contributed by atoms with Crippen LogP contribution in [0.5, 0.6) is 0 Å². The molecule has 39 heavy (non-hydrogen) atoms. The molecule has 3 aromatic heterocycles. The average molecular weight is 589 g/mol. The third-order valence-electron chi connectivity index (χ3n) is 5.92. The van der Waals surface area contributed by atoms with E-state index in [2.05, 4.69) is 35.8 Å². The minimum atomic E-state index is -4.21. The van der Waals surface area contributed by atoms with Gasteiger partial charge in [0, 0.05) is 38.7 Å². The second-order valence-electron chi connectivity index (χ2n) is 10.8. The summed E-state index contributed by atoms with van der Waals surface area (Å²) in [5, 5.41) is 4.46. The molecule has 0 spiro atoms. The van der Waals surface area contributed by atoms with Crippen LogP contribution in [0.4, 0.5) is 9.18 Å². The van der Waals surface area contributed by atoms with Crippen LogP contribution in [0.2, 0.25) is 0 Å². The maximum Gasteiger partial charge on any atom is 0.329 e. The van der Waals surface area contributed by atoms with Gasteiger partial charge in [-0.1, -0.05) is 52.8 Å². The average Bonchev–Trinajstić information content (AvgIpc) is 3.59. The van der Waals surface area contributed by atoms with Crippen molar-refractivity contribution in [2.24, 2.45) is 5.92 Å². The lowest BCUT2D eigenvalue weighted by Gasteiger charge is -2.20. The Kier molecular flexibility index (Phi) is 8.63. The van der Waals surface area contributed by atoms with E-state index in [1.807, 2.05) is 42.1 Å². The van der Waals surface area contributed by atoms with Crippen molar-refractivity contribution in [1.29, 1.82) is 0 Å². The number of urea groups is 1. The first-order valence-corrected chi connectivity index (χ1v) is 15.8. The zero-order valence-corrected chi connectivity index (χ0v) is 25.1. The van der Waals surface area contributed by atoms with Gasteiger partial charge in [-0.3, -0.25) is 0 Å². The van der Waals surface area contributed by atoms with Crippen LogP contribution in [0, 0.1) is 11.7 Å². The highest BCUT2D eigenvalue weighted by Crippen LogP contribution is 2.37. The van der Waals surface area contributed by atoms with E-state index in [9.17, 15) is 13.2 Å². The van der Waals surface area contributed by atoms with E-state index in [0.29, 0.717) is 35.6 Å². The standard InChI is InChI=1S/C28H33FN4O3S3/c1-18(2)13-22-15-23(25(38-22)39(35,36)32-27(34)31-16-21-7-6-12-37-21)19-8-9-20(24(29)14-19)17-33-11-10-30-26(33)28(3,4)5/h6-12,14-15,18H,13,16-17H2,1-5H3,(H2,31,32,34). The van der Waals surface area contributed by atoms with Gasteiger partial charge in [-0.05, 0) is 41.5 Å². The second-order valence-corrected chi connectivity index (χ2v) is 14.9. The molecule has 0 radical (unpaired) electrons. The molecule has 3 heterocycles. The number of amides is 2.